The first-order chi connectivity index (χ1) is 9.15. The van der Waals surface area contributed by atoms with Gasteiger partial charge in [-0.05, 0) is 22.4 Å². The Morgan fingerprint density at radius 2 is 2.11 bits per heavy atom. The number of halogens is 2. The van der Waals surface area contributed by atoms with Crippen molar-refractivity contribution in [2.24, 2.45) is 0 Å². The average molecular weight is 344 g/mol. The molecule has 2 rings (SSSR count). The van der Waals surface area contributed by atoms with Crippen molar-refractivity contribution in [1.82, 2.24) is 19.9 Å². The van der Waals surface area contributed by atoms with Gasteiger partial charge in [0.2, 0.25) is 5.88 Å². The van der Waals surface area contributed by atoms with Crippen molar-refractivity contribution in [3.05, 3.63) is 27.7 Å². The van der Waals surface area contributed by atoms with Crippen LogP contribution in [-0.2, 0) is 6.42 Å². The maximum atomic E-state index is 6.11. The second kappa shape index (κ2) is 6.25. The summed E-state index contributed by atoms with van der Waals surface area (Å²) >= 11 is 9.51. The van der Waals surface area contributed by atoms with Crippen LogP contribution < -0.4 is 4.74 Å². The minimum atomic E-state index is 0.381. The highest BCUT2D eigenvalue weighted by Gasteiger charge is 2.13. The fraction of sp³-hybridized carbons (Fsp3) is 0.333. The van der Waals surface area contributed by atoms with Gasteiger partial charge in [-0.25, -0.2) is 19.9 Å². The highest BCUT2D eigenvalue weighted by atomic mass is 79.9. The van der Waals surface area contributed by atoms with Crippen molar-refractivity contribution in [2.45, 2.75) is 19.8 Å². The maximum absolute atomic E-state index is 6.11. The maximum Gasteiger partial charge on any atom is 0.216 e. The van der Waals surface area contributed by atoms with E-state index in [4.69, 9.17) is 16.3 Å². The predicted octanol–water partition coefficient (Wildman–Crippen LogP) is 3.31. The lowest BCUT2D eigenvalue weighted by Gasteiger charge is -2.07. The summed E-state index contributed by atoms with van der Waals surface area (Å²) in [5.74, 6) is 0.932. The summed E-state index contributed by atoms with van der Waals surface area (Å²) < 4.78 is 5.80. The van der Waals surface area contributed by atoms with Crippen LogP contribution in [0.25, 0.3) is 11.5 Å². The number of ether oxygens (including phenoxy) is 1. The fourth-order valence-electron chi connectivity index (χ4n) is 1.55. The van der Waals surface area contributed by atoms with Crippen LogP contribution in [0.4, 0.5) is 0 Å². The molecule has 2 aromatic heterocycles. The van der Waals surface area contributed by atoms with Crippen molar-refractivity contribution in [2.75, 3.05) is 7.11 Å². The van der Waals surface area contributed by atoms with E-state index in [2.05, 4.69) is 42.8 Å². The largest absolute Gasteiger partial charge is 0.481 e. The Kier molecular flexibility index (Phi) is 4.66. The van der Waals surface area contributed by atoms with Crippen LogP contribution in [0.2, 0.25) is 5.15 Å². The van der Waals surface area contributed by atoms with Gasteiger partial charge in [0.25, 0.3) is 0 Å². The van der Waals surface area contributed by atoms with Crippen molar-refractivity contribution >= 4 is 27.5 Å². The number of hydrogen-bond donors (Lipinski definition) is 0. The summed E-state index contributed by atoms with van der Waals surface area (Å²) in [6, 6.07) is 1.68. The molecule has 0 aromatic carbocycles. The van der Waals surface area contributed by atoms with Gasteiger partial charge in [-0.2, -0.15) is 0 Å². The van der Waals surface area contributed by atoms with Crippen molar-refractivity contribution in [3.8, 4) is 17.4 Å². The molecule has 0 atom stereocenters. The lowest BCUT2D eigenvalue weighted by Crippen LogP contribution is -2.00. The molecule has 0 amide bonds. The van der Waals surface area contributed by atoms with E-state index < -0.39 is 0 Å². The Hall–Kier alpha value is -1.27. The summed E-state index contributed by atoms with van der Waals surface area (Å²) in [5, 5.41) is 0.381. The molecule has 0 saturated carbocycles. The van der Waals surface area contributed by atoms with Crippen LogP contribution in [0.1, 0.15) is 19.0 Å². The molecule has 0 aliphatic rings. The Balaban J connectivity index is 2.49. The first-order valence-corrected chi connectivity index (χ1v) is 6.91. The average Bonchev–Trinajstić information content (AvgIpc) is 2.44. The topological polar surface area (TPSA) is 60.8 Å². The van der Waals surface area contributed by atoms with Crippen LogP contribution in [0.15, 0.2) is 16.9 Å². The normalized spacial score (nSPS) is 10.5. The minimum absolute atomic E-state index is 0.381. The zero-order chi connectivity index (χ0) is 13.8. The van der Waals surface area contributed by atoms with Crippen LogP contribution in [0.5, 0.6) is 5.88 Å². The second-order valence-corrected chi connectivity index (χ2v) is 4.95. The number of rotatable bonds is 4. The molecular formula is C12H12BrClN4O. The van der Waals surface area contributed by atoms with Gasteiger partial charge in [0, 0.05) is 6.07 Å². The molecule has 0 radical (unpaired) electrons. The van der Waals surface area contributed by atoms with Gasteiger partial charge >= 0.3 is 0 Å². The molecule has 5 nitrogen and oxygen atoms in total. The number of methoxy groups -OCH3 is 1. The zero-order valence-corrected chi connectivity index (χ0v) is 12.9. The quantitative estimate of drug-likeness (QED) is 0.797. The number of nitrogens with zero attached hydrogens (tertiary/aromatic N) is 4. The molecule has 0 saturated heterocycles. The molecule has 2 heterocycles. The van der Waals surface area contributed by atoms with Crippen LogP contribution >= 0.6 is 27.5 Å². The SMILES string of the molecule is CCCc1nc(-c2cc(OC)ncn2)nc(Cl)c1Br. The number of aryl methyl sites for hydroxylation is 1. The molecule has 7 heteroatoms. The molecule has 100 valence electrons. The van der Waals surface area contributed by atoms with Gasteiger partial charge in [-0.15, -0.1) is 0 Å². The molecule has 2 aromatic rings. The van der Waals surface area contributed by atoms with E-state index >= 15 is 0 Å². The van der Waals surface area contributed by atoms with Crippen LogP contribution in [-0.4, -0.2) is 27.0 Å². The Bertz CT molecular complexity index is 594. The van der Waals surface area contributed by atoms with E-state index in [-0.39, 0.29) is 0 Å². The monoisotopic (exact) mass is 342 g/mol. The van der Waals surface area contributed by atoms with Gasteiger partial charge < -0.3 is 4.74 Å². The van der Waals surface area contributed by atoms with Gasteiger partial charge in [-0.3, -0.25) is 0 Å². The highest BCUT2D eigenvalue weighted by Crippen LogP contribution is 2.27. The molecule has 0 spiro atoms. The molecule has 19 heavy (non-hydrogen) atoms. The second-order valence-electron chi connectivity index (χ2n) is 3.79. The van der Waals surface area contributed by atoms with Crippen LogP contribution in [0, 0.1) is 0 Å². The fourth-order valence-corrected chi connectivity index (χ4v) is 2.12. The summed E-state index contributed by atoms with van der Waals surface area (Å²) in [4.78, 5) is 16.8. The van der Waals surface area contributed by atoms with E-state index in [9.17, 15) is 0 Å². The van der Waals surface area contributed by atoms with E-state index in [0.29, 0.717) is 22.6 Å². The van der Waals surface area contributed by atoms with E-state index in [1.165, 1.54) is 6.33 Å². The highest BCUT2D eigenvalue weighted by molar-refractivity contribution is 9.10. The van der Waals surface area contributed by atoms with Gasteiger partial charge in [-0.1, -0.05) is 24.9 Å². The van der Waals surface area contributed by atoms with Crippen molar-refractivity contribution < 1.29 is 4.74 Å². The molecular weight excluding hydrogens is 332 g/mol. The van der Waals surface area contributed by atoms with Gasteiger partial charge in [0.15, 0.2) is 5.82 Å². The van der Waals surface area contributed by atoms with E-state index in [1.807, 2.05) is 0 Å². The molecule has 0 fully saturated rings. The minimum Gasteiger partial charge on any atom is -0.481 e. The zero-order valence-electron chi connectivity index (χ0n) is 10.5. The molecule has 0 unspecified atom stereocenters. The van der Waals surface area contributed by atoms with Crippen molar-refractivity contribution in [3.63, 3.8) is 0 Å². The van der Waals surface area contributed by atoms with Crippen LogP contribution in [0.3, 0.4) is 0 Å². The van der Waals surface area contributed by atoms with Gasteiger partial charge in [0.05, 0.1) is 17.3 Å². The van der Waals surface area contributed by atoms with Crippen molar-refractivity contribution in [1.29, 1.82) is 0 Å². The summed E-state index contributed by atoms with van der Waals surface area (Å²) in [6.45, 7) is 2.08. The summed E-state index contributed by atoms with van der Waals surface area (Å²) in [5.41, 5.74) is 1.45. The lowest BCUT2D eigenvalue weighted by atomic mass is 10.2. The first-order valence-electron chi connectivity index (χ1n) is 5.74. The van der Waals surface area contributed by atoms with Gasteiger partial charge in [0.1, 0.15) is 17.2 Å². The Morgan fingerprint density at radius 3 is 2.79 bits per heavy atom. The first kappa shape index (κ1) is 14.1. The smallest absolute Gasteiger partial charge is 0.216 e. The third-order valence-corrected chi connectivity index (χ3v) is 3.78. The third-order valence-electron chi connectivity index (χ3n) is 2.45. The lowest BCUT2D eigenvalue weighted by molar-refractivity contribution is 0.397. The Morgan fingerprint density at radius 1 is 1.32 bits per heavy atom. The number of aromatic nitrogens is 4. The molecule has 0 aliphatic heterocycles. The standard InChI is InChI=1S/C12H12BrClN4O/c1-3-4-7-10(13)11(14)18-12(17-7)8-5-9(19-2)16-6-15-8/h5-6H,3-4H2,1-2H3. The molecule has 0 N–H and O–H groups in total. The summed E-state index contributed by atoms with van der Waals surface area (Å²) in [6.07, 6.45) is 3.20. The predicted molar refractivity (Wildman–Crippen MR) is 76.3 cm³/mol. The van der Waals surface area contributed by atoms with E-state index in [1.54, 1.807) is 13.2 Å². The molecule has 0 aliphatic carbocycles. The molecule has 0 bridgehead atoms. The Labute approximate surface area is 124 Å². The third kappa shape index (κ3) is 3.19. The summed E-state index contributed by atoms with van der Waals surface area (Å²) in [7, 11) is 1.55. The van der Waals surface area contributed by atoms with E-state index in [0.717, 1.165) is 23.0 Å². The number of hydrogen-bond acceptors (Lipinski definition) is 5.